The van der Waals surface area contributed by atoms with Crippen LogP contribution < -0.4 is 0 Å². The van der Waals surface area contributed by atoms with E-state index >= 15 is 0 Å². The van der Waals surface area contributed by atoms with E-state index in [0.29, 0.717) is 27.8 Å². The predicted molar refractivity (Wildman–Crippen MR) is 71.3 cm³/mol. The van der Waals surface area contributed by atoms with Crippen LogP contribution in [0, 0.1) is 10.6 Å². The molecule has 0 radical (unpaired) electrons. The molecule has 0 unspecified atom stereocenters. The first-order valence-electron chi connectivity index (χ1n) is 5.28. The van der Waals surface area contributed by atoms with Crippen LogP contribution in [0.2, 0.25) is 0 Å². The zero-order chi connectivity index (χ0) is 16.2. The molecule has 21 heavy (non-hydrogen) atoms. The van der Waals surface area contributed by atoms with Crippen LogP contribution >= 0.6 is 33.9 Å². The van der Waals surface area contributed by atoms with Gasteiger partial charge in [-0.3, -0.25) is 4.40 Å². The minimum absolute atomic E-state index is 0.0434. The topological polar surface area (TPSA) is 26.5 Å². The van der Waals surface area contributed by atoms with Crippen LogP contribution in [-0.4, -0.2) is 28.8 Å². The molecule has 0 saturated heterocycles. The molecule has 118 valence electrons. The highest BCUT2D eigenvalue weighted by Gasteiger charge is 2.74. The largest absolute Gasteiger partial charge is 0.431 e. The Morgan fingerprint density at radius 1 is 1.19 bits per heavy atom. The van der Waals surface area contributed by atoms with Gasteiger partial charge >= 0.3 is 12.4 Å². The van der Waals surface area contributed by atoms with Crippen LogP contribution in [0.25, 0.3) is 4.96 Å². The number of thiazole rings is 1. The van der Waals surface area contributed by atoms with E-state index in [4.69, 9.17) is 0 Å². The maximum atomic E-state index is 13.1. The summed E-state index contributed by atoms with van der Waals surface area (Å²) in [5, 5.41) is 0. The van der Waals surface area contributed by atoms with Crippen LogP contribution in [0.5, 0.6) is 0 Å². The fourth-order valence-electron chi connectivity index (χ4n) is 1.86. The van der Waals surface area contributed by atoms with Crippen molar-refractivity contribution in [3.8, 4) is 0 Å². The summed E-state index contributed by atoms with van der Waals surface area (Å²) in [6.07, 6.45) is -10.5. The lowest BCUT2D eigenvalue weighted by atomic mass is 10.0. The lowest BCUT2D eigenvalue weighted by molar-refractivity contribution is -0.382. The lowest BCUT2D eigenvalue weighted by Crippen LogP contribution is -2.54. The van der Waals surface area contributed by atoms with Gasteiger partial charge in [0, 0.05) is 13.3 Å². The van der Waals surface area contributed by atoms with Crippen molar-refractivity contribution < 1.29 is 31.1 Å². The van der Waals surface area contributed by atoms with Gasteiger partial charge < -0.3 is 4.74 Å². The normalized spacial score (nSPS) is 14.1. The molecule has 0 N–H and O–H groups in total. The average Bonchev–Trinajstić information content (AvgIpc) is 2.79. The molecular weight excluding hydrogens is 437 g/mol. The molecule has 11 heteroatoms. The number of hydrogen-bond donors (Lipinski definition) is 0. The number of halogens is 7. The third-order valence-electron chi connectivity index (χ3n) is 2.88. The van der Waals surface area contributed by atoms with Gasteiger partial charge in [-0.2, -0.15) is 26.3 Å². The number of aryl methyl sites for hydroxylation is 1. The van der Waals surface area contributed by atoms with Crippen LogP contribution in [-0.2, 0) is 10.3 Å². The van der Waals surface area contributed by atoms with E-state index in [9.17, 15) is 26.3 Å². The van der Waals surface area contributed by atoms with Crippen molar-refractivity contribution in [1.82, 2.24) is 9.38 Å². The summed E-state index contributed by atoms with van der Waals surface area (Å²) >= 11 is 2.10. The number of alkyl halides is 6. The van der Waals surface area contributed by atoms with E-state index in [2.05, 4.69) is 9.72 Å². The number of ether oxygens (including phenoxy) is 1. The third-order valence-corrected chi connectivity index (χ3v) is 5.26. The molecule has 0 spiro atoms. The zero-order valence-corrected chi connectivity index (χ0v) is 13.4. The van der Waals surface area contributed by atoms with Crippen molar-refractivity contribution in [1.29, 1.82) is 0 Å². The smallest absolute Gasteiger partial charge is 0.357 e. The second-order valence-electron chi connectivity index (χ2n) is 4.12. The molecule has 0 atom stereocenters. The molecule has 0 aliphatic heterocycles. The fourth-order valence-corrected chi connectivity index (χ4v) is 3.75. The minimum Gasteiger partial charge on any atom is -0.357 e. The van der Waals surface area contributed by atoms with E-state index in [1.54, 1.807) is 29.5 Å². The molecule has 2 aromatic rings. The molecule has 0 bridgehead atoms. The number of hydrogen-bond acceptors (Lipinski definition) is 3. The second-order valence-corrected chi connectivity index (χ2v) is 6.15. The number of methoxy groups -OCH3 is 1. The summed E-state index contributed by atoms with van der Waals surface area (Å²) in [6.45, 7) is 1.61. The van der Waals surface area contributed by atoms with Gasteiger partial charge in [-0.25, -0.2) is 4.98 Å². The van der Waals surface area contributed by atoms with Crippen molar-refractivity contribution in [3.05, 3.63) is 20.5 Å². The van der Waals surface area contributed by atoms with E-state index < -0.39 is 22.8 Å². The summed E-state index contributed by atoms with van der Waals surface area (Å²) in [5.74, 6) is 0. The summed E-state index contributed by atoms with van der Waals surface area (Å²) < 4.78 is 84.2. The quantitative estimate of drug-likeness (QED) is 0.511. The predicted octanol–water partition coefficient (Wildman–Crippen LogP) is 4.28. The molecule has 0 aromatic carbocycles. The summed E-state index contributed by atoms with van der Waals surface area (Å²) in [6, 6.07) is 0. The van der Waals surface area contributed by atoms with Crippen LogP contribution in [0.15, 0.2) is 6.20 Å². The van der Waals surface area contributed by atoms with Crippen LogP contribution in [0.3, 0.4) is 0 Å². The van der Waals surface area contributed by atoms with E-state index in [-0.39, 0.29) is 4.96 Å². The lowest BCUT2D eigenvalue weighted by Gasteiger charge is -2.34. The van der Waals surface area contributed by atoms with Gasteiger partial charge in [0.1, 0.15) is 3.70 Å². The molecule has 2 aromatic heterocycles. The Hall–Kier alpha value is -0.560. The summed E-state index contributed by atoms with van der Waals surface area (Å²) in [7, 11) is 0.389. The minimum atomic E-state index is -5.65. The molecule has 3 nitrogen and oxygen atoms in total. The first-order chi connectivity index (χ1) is 9.45. The molecule has 0 amide bonds. The van der Waals surface area contributed by atoms with Crippen molar-refractivity contribution >= 4 is 38.9 Å². The van der Waals surface area contributed by atoms with E-state index in [1.807, 2.05) is 0 Å². The highest BCUT2D eigenvalue weighted by Crippen LogP contribution is 2.54. The van der Waals surface area contributed by atoms with E-state index in [0.717, 1.165) is 6.20 Å². The van der Waals surface area contributed by atoms with Crippen LogP contribution in [0.1, 0.15) is 10.6 Å². The monoisotopic (exact) mass is 444 g/mol. The number of fused-ring (bicyclic) bond motifs is 1. The second kappa shape index (κ2) is 4.98. The highest BCUT2D eigenvalue weighted by atomic mass is 127. The molecule has 0 aliphatic carbocycles. The van der Waals surface area contributed by atoms with Crippen molar-refractivity contribution in [2.24, 2.45) is 0 Å². The molecular formula is C10H7F6IN2OS. The Morgan fingerprint density at radius 3 is 2.10 bits per heavy atom. The van der Waals surface area contributed by atoms with Gasteiger partial charge in [0.25, 0.3) is 5.60 Å². The molecule has 2 heterocycles. The Labute approximate surface area is 132 Å². The summed E-state index contributed by atoms with van der Waals surface area (Å²) in [4.78, 5) is 2.96. The van der Waals surface area contributed by atoms with Crippen molar-refractivity contribution in [3.63, 3.8) is 0 Å². The SMILES string of the molecule is COC(c1cn2c(I)c(C)nc2s1)(C(F)(F)F)C(F)(F)F. The maximum Gasteiger partial charge on any atom is 0.431 e. The molecule has 0 fully saturated rings. The van der Waals surface area contributed by atoms with Crippen molar-refractivity contribution in [2.45, 2.75) is 24.9 Å². The van der Waals surface area contributed by atoms with Gasteiger partial charge in [0.2, 0.25) is 0 Å². The molecule has 0 saturated carbocycles. The number of nitrogens with zero attached hydrogens (tertiary/aromatic N) is 2. The molecule has 0 aliphatic rings. The molecule has 2 rings (SSSR count). The first kappa shape index (κ1) is 16.8. The van der Waals surface area contributed by atoms with Gasteiger partial charge in [-0.05, 0) is 29.5 Å². The Bertz CT molecular complexity index is 659. The maximum absolute atomic E-state index is 13.1. The van der Waals surface area contributed by atoms with Crippen molar-refractivity contribution in [2.75, 3.05) is 7.11 Å². The van der Waals surface area contributed by atoms with E-state index in [1.165, 1.54) is 4.40 Å². The Balaban J connectivity index is 2.75. The van der Waals surface area contributed by atoms with Gasteiger partial charge in [-0.1, -0.05) is 11.3 Å². The summed E-state index contributed by atoms with van der Waals surface area (Å²) in [5.41, 5.74) is -3.84. The Kier molecular flexibility index (Phi) is 3.98. The zero-order valence-electron chi connectivity index (χ0n) is 10.4. The first-order valence-corrected chi connectivity index (χ1v) is 7.18. The fraction of sp³-hybridized carbons (Fsp3) is 0.500. The number of imidazole rings is 1. The number of aromatic nitrogens is 2. The van der Waals surface area contributed by atoms with Gasteiger partial charge in [0.05, 0.1) is 10.6 Å². The number of rotatable bonds is 2. The average molecular weight is 444 g/mol. The highest BCUT2D eigenvalue weighted by molar-refractivity contribution is 14.1. The standard InChI is InChI=1S/C10H7F6IN2OS/c1-4-6(17)19-3-5(21-7(19)18-4)8(20-2,9(11,12)13)10(14,15)16/h3H,1-2H3. The third kappa shape index (κ3) is 2.32. The van der Waals surface area contributed by atoms with Gasteiger partial charge in [0.15, 0.2) is 4.96 Å². The van der Waals surface area contributed by atoms with Gasteiger partial charge in [-0.15, -0.1) is 0 Å². The Morgan fingerprint density at radius 2 is 1.71 bits per heavy atom. The van der Waals surface area contributed by atoms with Crippen LogP contribution in [0.4, 0.5) is 26.3 Å².